The first-order valence-electron chi connectivity index (χ1n) is 7.41. The second-order valence-corrected chi connectivity index (χ2v) is 5.52. The van der Waals surface area contributed by atoms with Gasteiger partial charge in [-0.25, -0.2) is 4.39 Å². The van der Waals surface area contributed by atoms with Crippen LogP contribution in [0, 0.1) is 5.82 Å². The molecule has 0 unspecified atom stereocenters. The summed E-state index contributed by atoms with van der Waals surface area (Å²) in [6.07, 6.45) is 1.25. The Labute approximate surface area is 129 Å². The summed E-state index contributed by atoms with van der Waals surface area (Å²) in [6.45, 7) is 1.09. The molecule has 1 aliphatic heterocycles. The van der Waals surface area contributed by atoms with E-state index in [-0.39, 0.29) is 11.7 Å². The van der Waals surface area contributed by atoms with Gasteiger partial charge in [-0.15, -0.1) is 0 Å². The van der Waals surface area contributed by atoms with Gasteiger partial charge in [0.1, 0.15) is 5.82 Å². The number of anilines is 1. The summed E-state index contributed by atoms with van der Waals surface area (Å²) in [5.74, 6) is -0.467. The molecule has 1 heterocycles. The van der Waals surface area contributed by atoms with Gasteiger partial charge in [-0.2, -0.15) is 0 Å². The second-order valence-electron chi connectivity index (χ2n) is 5.52. The first kappa shape index (κ1) is 14.7. The lowest BCUT2D eigenvalue weighted by atomic mass is 9.73. The van der Waals surface area contributed by atoms with Crippen LogP contribution in [0.5, 0.6) is 0 Å². The van der Waals surface area contributed by atoms with Gasteiger partial charge in [-0.3, -0.25) is 4.79 Å². The van der Waals surface area contributed by atoms with Crippen molar-refractivity contribution in [2.45, 2.75) is 18.3 Å². The summed E-state index contributed by atoms with van der Waals surface area (Å²) in [6, 6.07) is 15.7. The van der Waals surface area contributed by atoms with Crippen molar-refractivity contribution in [3.63, 3.8) is 0 Å². The highest BCUT2D eigenvalue weighted by atomic mass is 19.1. The summed E-state index contributed by atoms with van der Waals surface area (Å²) in [4.78, 5) is 12.9. The average molecular weight is 299 g/mol. The van der Waals surface area contributed by atoms with E-state index in [1.807, 2.05) is 30.3 Å². The molecule has 3 rings (SSSR count). The normalized spacial score (nSPS) is 17.0. The third-order valence-electron chi connectivity index (χ3n) is 4.19. The maximum atomic E-state index is 13.3. The zero-order valence-electron chi connectivity index (χ0n) is 12.2. The first-order chi connectivity index (χ1) is 10.7. The van der Waals surface area contributed by atoms with E-state index in [9.17, 15) is 9.18 Å². The highest BCUT2D eigenvalue weighted by molar-refractivity contribution is 5.99. The van der Waals surface area contributed by atoms with Crippen molar-refractivity contribution < 1.29 is 13.9 Å². The number of carbonyl (C=O) groups excluding carboxylic acids is 1. The van der Waals surface area contributed by atoms with E-state index < -0.39 is 5.41 Å². The molecule has 0 saturated carbocycles. The molecule has 0 aromatic heterocycles. The fraction of sp³-hybridized carbons (Fsp3) is 0.278. The molecular formula is C18H18FNO2. The Kier molecular flexibility index (Phi) is 4.20. The SMILES string of the molecule is O=C(Nc1cccc(F)c1)C1(c2ccccc2)CCOCC1. The summed E-state index contributed by atoms with van der Waals surface area (Å²) in [5, 5.41) is 2.86. The maximum absolute atomic E-state index is 13.3. The quantitative estimate of drug-likeness (QED) is 0.942. The zero-order valence-corrected chi connectivity index (χ0v) is 12.2. The molecule has 0 bridgehead atoms. The van der Waals surface area contributed by atoms with Crippen LogP contribution < -0.4 is 5.32 Å². The van der Waals surface area contributed by atoms with E-state index in [0.29, 0.717) is 31.7 Å². The van der Waals surface area contributed by atoms with Crippen molar-refractivity contribution in [3.05, 3.63) is 66.0 Å². The molecule has 114 valence electrons. The van der Waals surface area contributed by atoms with Crippen molar-refractivity contribution >= 4 is 11.6 Å². The van der Waals surface area contributed by atoms with Gasteiger partial charge in [0.05, 0.1) is 5.41 Å². The van der Waals surface area contributed by atoms with Gasteiger partial charge in [0, 0.05) is 18.9 Å². The molecule has 1 fully saturated rings. The van der Waals surface area contributed by atoms with Gasteiger partial charge in [0.15, 0.2) is 0 Å². The van der Waals surface area contributed by atoms with Gasteiger partial charge < -0.3 is 10.1 Å². The van der Waals surface area contributed by atoms with Crippen molar-refractivity contribution in [1.29, 1.82) is 0 Å². The highest BCUT2D eigenvalue weighted by Gasteiger charge is 2.41. The number of amides is 1. The minimum atomic E-state index is -0.619. The molecule has 2 aromatic carbocycles. The predicted octanol–water partition coefficient (Wildman–Crippen LogP) is 3.51. The zero-order chi connectivity index (χ0) is 15.4. The van der Waals surface area contributed by atoms with Crippen molar-refractivity contribution in [2.75, 3.05) is 18.5 Å². The average Bonchev–Trinajstić information content (AvgIpc) is 2.56. The lowest BCUT2D eigenvalue weighted by molar-refractivity contribution is -0.125. The molecule has 0 aliphatic carbocycles. The van der Waals surface area contributed by atoms with Crippen LogP contribution in [0.3, 0.4) is 0 Å². The molecule has 0 atom stereocenters. The fourth-order valence-corrected chi connectivity index (χ4v) is 2.94. The molecule has 1 aliphatic rings. The fourth-order valence-electron chi connectivity index (χ4n) is 2.94. The van der Waals surface area contributed by atoms with E-state index in [1.165, 1.54) is 12.1 Å². The van der Waals surface area contributed by atoms with Crippen LogP contribution in [-0.4, -0.2) is 19.1 Å². The summed E-state index contributed by atoms with van der Waals surface area (Å²) < 4.78 is 18.7. The van der Waals surface area contributed by atoms with Crippen molar-refractivity contribution in [1.82, 2.24) is 0 Å². The Morgan fingerprint density at radius 1 is 1.05 bits per heavy atom. The number of rotatable bonds is 3. The number of carbonyl (C=O) groups is 1. The van der Waals surface area contributed by atoms with Crippen LogP contribution >= 0.6 is 0 Å². The van der Waals surface area contributed by atoms with Gasteiger partial charge in [0.25, 0.3) is 0 Å². The summed E-state index contributed by atoms with van der Waals surface area (Å²) in [5.41, 5.74) is 0.838. The monoisotopic (exact) mass is 299 g/mol. The van der Waals surface area contributed by atoms with Crippen LogP contribution in [0.1, 0.15) is 18.4 Å². The Balaban J connectivity index is 1.91. The first-order valence-corrected chi connectivity index (χ1v) is 7.41. The third-order valence-corrected chi connectivity index (χ3v) is 4.19. The number of benzene rings is 2. The number of ether oxygens (including phenoxy) is 1. The van der Waals surface area contributed by atoms with Gasteiger partial charge in [-0.05, 0) is 36.6 Å². The van der Waals surface area contributed by atoms with Crippen LogP contribution in [0.4, 0.5) is 10.1 Å². The Morgan fingerprint density at radius 2 is 1.77 bits per heavy atom. The van der Waals surface area contributed by atoms with Crippen LogP contribution in [-0.2, 0) is 14.9 Å². The lowest BCUT2D eigenvalue weighted by Crippen LogP contribution is -2.44. The molecule has 22 heavy (non-hydrogen) atoms. The molecule has 3 nitrogen and oxygen atoms in total. The van der Waals surface area contributed by atoms with Gasteiger partial charge in [-0.1, -0.05) is 36.4 Å². The molecule has 0 radical (unpaired) electrons. The largest absolute Gasteiger partial charge is 0.381 e. The minimum absolute atomic E-state index is 0.104. The van der Waals surface area contributed by atoms with E-state index in [1.54, 1.807) is 12.1 Å². The van der Waals surface area contributed by atoms with E-state index in [4.69, 9.17) is 4.74 Å². The minimum Gasteiger partial charge on any atom is -0.381 e. The molecule has 4 heteroatoms. The Morgan fingerprint density at radius 3 is 2.45 bits per heavy atom. The van der Waals surface area contributed by atoms with Crippen molar-refractivity contribution in [3.8, 4) is 0 Å². The topological polar surface area (TPSA) is 38.3 Å². The smallest absolute Gasteiger partial charge is 0.235 e. The number of hydrogen-bond acceptors (Lipinski definition) is 2. The van der Waals surface area contributed by atoms with E-state index in [2.05, 4.69) is 5.32 Å². The van der Waals surface area contributed by atoms with Gasteiger partial charge in [0.2, 0.25) is 5.91 Å². The van der Waals surface area contributed by atoms with E-state index >= 15 is 0 Å². The molecule has 1 amide bonds. The summed E-state index contributed by atoms with van der Waals surface area (Å²) >= 11 is 0. The molecule has 1 saturated heterocycles. The Hall–Kier alpha value is -2.20. The molecule has 2 aromatic rings. The number of nitrogens with one attached hydrogen (secondary N) is 1. The molecule has 0 spiro atoms. The lowest BCUT2D eigenvalue weighted by Gasteiger charge is -2.36. The second kappa shape index (κ2) is 6.28. The van der Waals surface area contributed by atoms with Crippen LogP contribution in [0.15, 0.2) is 54.6 Å². The third kappa shape index (κ3) is 2.88. The van der Waals surface area contributed by atoms with Crippen LogP contribution in [0.2, 0.25) is 0 Å². The van der Waals surface area contributed by atoms with Crippen LogP contribution in [0.25, 0.3) is 0 Å². The van der Waals surface area contributed by atoms with Crippen molar-refractivity contribution in [2.24, 2.45) is 0 Å². The standard InChI is InChI=1S/C18H18FNO2/c19-15-7-4-8-16(13-15)20-17(21)18(9-11-22-12-10-18)14-5-2-1-3-6-14/h1-8,13H,9-12H2,(H,20,21). The van der Waals surface area contributed by atoms with E-state index in [0.717, 1.165) is 5.56 Å². The maximum Gasteiger partial charge on any atom is 0.235 e. The number of hydrogen-bond donors (Lipinski definition) is 1. The summed E-state index contributed by atoms with van der Waals surface area (Å²) in [7, 11) is 0. The molecule has 1 N–H and O–H groups in total. The van der Waals surface area contributed by atoms with Gasteiger partial charge >= 0.3 is 0 Å². The Bertz CT molecular complexity index is 651. The molecular weight excluding hydrogens is 281 g/mol. The number of halogens is 1. The highest BCUT2D eigenvalue weighted by Crippen LogP contribution is 2.36. The predicted molar refractivity (Wildman–Crippen MR) is 83.2 cm³/mol.